The van der Waals surface area contributed by atoms with E-state index in [1.807, 2.05) is 0 Å². The van der Waals surface area contributed by atoms with Gasteiger partial charge in [0.25, 0.3) is 0 Å². The molecule has 0 bridgehead atoms. The maximum atomic E-state index is 2.56. The fraction of sp³-hybridized carbons (Fsp3) is 0.875. The SMILES string of the molecule is CCCCC(=CN(CCCC)CCCC)CC. The van der Waals surface area contributed by atoms with Gasteiger partial charge >= 0.3 is 0 Å². The zero-order valence-electron chi connectivity index (χ0n) is 12.6. The minimum Gasteiger partial charge on any atom is -0.377 e. The van der Waals surface area contributed by atoms with E-state index in [1.165, 1.54) is 64.5 Å². The molecule has 1 heteroatoms. The number of hydrogen-bond donors (Lipinski definition) is 0. The standard InChI is InChI=1S/C16H33N/c1-5-9-12-16(8-4)15-17(13-10-6-2)14-11-7-3/h15H,5-14H2,1-4H3. The van der Waals surface area contributed by atoms with Crippen LogP contribution in [0.3, 0.4) is 0 Å². The minimum absolute atomic E-state index is 1.22. The van der Waals surface area contributed by atoms with Crippen LogP contribution >= 0.6 is 0 Å². The van der Waals surface area contributed by atoms with Gasteiger partial charge in [-0.3, -0.25) is 0 Å². The van der Waals surface area contributed by atoms with E-state index >= 15 is 0 Å². The summed E-state index contributed by atoms with van der Waals surface area (Å²) in [5, 5.41) is 0. The van der Waals surface area contributed by atoms with Gasteiger partial charge in [0.1, 0.15) is 0 Å². The van der Waals surface area contributed by atoms with Crippen LogP contribution in [0.1, 0.15) is 79.1 Å². The van der Waals surface area contributed by atoms with Crippen LogP contribution in [0.5, 0.6) is 0 Å². The third kappa shape index (κ3) is 9.26. The van der Waals surface area contributed by atoms with Gasteiger partial charge in [-0.15, -0.1) is 0 Å². The normalized spacial score (nSPS) is 11.9. The van der Waals surface area contributed by atoms with Crippen molar-refractivity contribution in [2.75, 3.05) is 13.1 Å². The van der Waals surface area contributed by atoms with Gasteiger partial charge in [0.15, 0.2) is 0 Å². The topological polar surface area (TPSA) is 3.24 Å². The molecule has 1 nitrogen and oxygen atoms in total. The predicted molar refractivity (Wildman–Crippen MR) is 79.3 cm³/mol. The molecule has 0 fully saturated rings. The summed E-state index contributed by atoms with van der Waals surface area (Å²) in [5.41, 5.74) is 1.64. The quantitative estimate of drug-likeness (QED) is 0.468. The molecule has 0 atom stereocenters. The summed E-state index contributed by atoms with van der Waals surface area (Å²) in [7, 11) is 0. The third-order valence-electron chi connectivity index (χ3n) is 3.27. The van der Waals surface area contributed by atoms with E-state index in [4.69, 9.17) is 0 Å². The largest absolute Gasteiger partial charge is 0.377 e. The zero-order valence-corrected chi connectivity index (χ0v) is 12.6. The van der Waals surface area contributed by atoms with Crippen molar-refractivity contribution in [2.45, 2.75) is 79.1 Å². The second-order valence-corrected chi connectivity index (χ2v) is 4.99. The van der Waals surface area contributed by atoms with Crippen LogP contribution in [0.25, 0.3) is 0 Å². The second-order valence-electron chi connectivity index (χ2n) is 4.99. The van der Waals surface area contributed by atoms with Crippen molar-refractivity contribution in [1.82, 2.24) is 4.90 Å². The van der Waals surface area contributed by atoms with Crippen molar-refractivity contribution in [1.29, 1.82) is 0 Å². The first-order chi connectivity index (χ1) is 8.28. The van der Waals surface area contributed by atoms with E-state index in [1.54, 1.807) is 5.57 Å². The zero-order chi connectivity index (χ0) is 12.9. The molecule has 0 aliphatic carbocycles. The lowest BCUT2D eigenvalue weighted by molar-refractivity contribution is 0.355. The second kappa shape index (κ2) is 12.0. The van der Waals surface area contributed by atoms with Gasteiger partial charge in [-0.25, -0.2) is 0 Å². The molecule has 0 rings (SSSR count). The monoisotopic (exact) mass is 239 g/mol. The fourth-order valence-electron chi connectivity index (χ4n) is 1.96. The number of rotatable bonds is 11. The predicted octanol–water partition coefficient (Wildman–Crippen LogP) is 5.37. The van der Waals surface area contributed by atoms with Crippen LogP contribution in [0.2, 0.25) is 0 Å². The van der Waals surface area contributed by atoms with Gasteiger partial charge in [0.05, 0.1) is 0 Å². The summed E-state index contributed by atoms with van der Waals surface area (Å²) in [4.78, 5) is 2.56. The molecule has 0 amide bonds. The van der Waals surface area contributed by atoms with Crippen molar-refractivity contribution in [3.05, 3.63) is 11.8 Å². The van der Waals surface area contributed by atoms with E-state index in [0.29, 0.717) is 0 Å². The fourth-order valence-corrected chi connectivity index (χ4v) is 1.96. The average molecular weight is 239 g/mol. The van der Waals surface area contributed by atoms with Gasteiger partial charge in [0.2, 0.25) is 0 Å². The Bertz CT molecular complexity index is 176. The van der Waals surface area contributed by atoms with Gasteiger partial charge in [0, 0.05) is 13.1 Å². The first-order valence-electron chi connectivity index (χ1n) is 7.71. The number of hydrogen-bond acceptors (Lipinski definition) is 1. The van der Waals surface area contributed by atoms with Gasteiger partial charge < -0.3 is 4.90 Å². The molecule has 0 aromatic carbocycles. The van der Waals surface area contributed by atoms with Crippen molar-refractivity contribution >= 4 is 0 Å². The molecule has 0 aromatic rings. The summed E-state index contributed by atoms with van der Waals surface area (Å²) in [6.45, 7) is 11.6. The molecule has 0 aromatic heterocycles. The molecule has 0 N–H and O–H groups in total. The van der Waals surface area contributed by atoms with Gasteiger partial charge in [-0.05, 0) is 38.3 Å². The molecule has 0 saturated heterocycles. The van der Waals surface area contributed by atoms with Crippen LogP contribution in [0, 0.1) is 0 Å². The van der Waals surface area contributed by atoms with Crippen LogP contribution in [-0.2, 0) is 0 Å². The third-order valence-corrected chi connectivity index (χ3v) is 3.27. The molecule has 0 spiro atoms. The minimum atomic E-state index is 1.22. The van der Waals surface area contributed by atoms with Crippen molar-refractivity contribution in [3.8, 4) is 0 Å². The van der Waals surface area contributed by atoms with Gasteiger partial charge in [-0.2, -0.15) is 0 Å². The number of nitrogens with zero attached hydrogens (tertiary/aromatic N) is 1. The smallest absolute Gasteiger partial charge is 0.0172 e. The lowest BCUT2D eigenvalue weighted by Crippen LogP contribution is -2.20. The summed E-state index contributed by atoms with van der Waals surface area (Å²) in [5.74, 6) is 0. The molecule has 0 heterocycles. The molecule has 0 unspecified atom stereocenters. The maximum absolute atomic E-state index is 2.56. The lowest BCUT2D eigenvalue weighted by atomic mass is 10.1. The van der Waals surface area contributed by atoms with Crippen LogP contribution in [0.15, 0.2) is 11.8 Å². The summed E-state index contributed by atoms with van der Waals surface area (Å²) in [6, 6.07) is 0. The molecular formula is C16H33N. The molecule has 0 radical (unpaired) electrons. The van der Waals surface area contributed by atoms with Crippen LogP contribution in [0.4, 0.5) is 0 Å². The summed E-state index contributed by atoms with van der Waals surface area (Å²) in [6.07, 6.45) is 12.9. The Morgan fingerprint density at radius 3 is 1.76 bits per heavy atom. The first kappa shape index (κ1) is 16.5. The number of unbranched alkanes of at least 4 members (excludes halogenated alkanes) is 3. The lowest BCUT2D eigenvalue weighted by Gasteiger charge is -2.22. The summed E-state index contributed by atoms with van der Waals surface area (Å²) >= 11 is 0. The highest BCUT2D eigenvalue weighted by atomic mass is 15.1. The highest BCUT2D eigenvalue weighted by Gasteiger charge is 2.01. The highest BCUT2D eigenvalue weighted by molar-refractivity contribution is 5.00. The first-order valence-corrected chi connectivity index (χ1v) is 7.71. The maximum Gasteiger partial charge on any atom is 0.0172 e. The highest BCUT2D eigenvalue weighted by Crippen LogP contribution is 2.13. The Hall–Kier alpha value is -0.460. The van der Waals surface area contributed by atoms with E-state index in [9.17, 15) is 0 Å². The van der Waals surface area contributed by atoms with Crippen molar-refractivity contribution in [3.63, 3.8) is 0 Å². The van der Waals surface area contributed by atoms with E-state index in [-0.39, 0.29) is 0 Å². The molecular weight excluding hydrogens is 206 g/mol. The van der Waals surface area contributed by atoms with Crippen molar-refractivity contribution < 1.29 is 0 Å². The Kier molecular flexibility index (Phi) is 11.7. The van der Waals surface area contributed by atoms with Crippen LogP contribution in [-0.4, -0.2) is 18.0 Å². The molecule has 0 aliphatic rings. The Morgan fingerprint density at radius 2 is 1.35 bits per heavy atom. The Morgan fingerprint density at radius 1 is 0.824 bits per heavy atom. The van der Waals surface area contributed by atoms with Gasteiger partial charge in [-0.1, -0.05) is 52.5 Å². The van der Waals surface area contributed by atoms with E-state index < -0.39 is 0 Å². The van der Waals surface area contributed by atoms with E-state index in [0.717, 1.165) is 0 Å². The van der Waals surface area contributed by atoms with Crippen molar-refractivity contribution in [2.24, 2.45) is 0 Å². The Balaban J connectivity index is 4.25. The van der Waals surface area contributed by atoms with Crippen LogP contribution < -0.4 is 0 Å². The Labute approximate surface area is 109 Å². The molecule has 0 saturated carbocycles. The summed E-state index contributed by atoms with van der Waals surface area (Å²) < 4.78 is 0. The molecule has 102 valence electrons. The molecule has 17 heavy (non-hydrogen) atoms. The average Bonchev–Trinajstić information content (AvgIpc) is 2.36. The number of allylic oxidation sites excluding steroid dienone is 1. The molecule has 0 aliphatic heterocycles. The van der Waals surface area contributed by atoms with E-state index in [2.05, 4.69) is 38.8 Å².